The van der Waals surface area contributed by atoms with Crippen molar-refractivity contribution in [3.05, 3.63) is 0 Å². The Bertz CT molecular complexity index is 224. The van der Waals surface area contributed by atoms with E-state index >= 15 is 0 Å². The van der Waals surface area contributed by atoms with Crippen LogP contribution < -0.4 is 5.32 Å². The molecule has 0 amide bonds. The lowest BCUT2D eigenvalue weighted by Gasteiger charge is -2.32. The van der Waals surface area contributed by atoms with Gasteiger partial charge in [0.25, 0.3) is 0 Å². The van der Waals surface area contributed by atoms with Crippen LogP contribution in [0.3, 0.4) is 0 Å². The van der Waals surface area contributed by atoms with Crippen LogP contribution in [0.15, 0.2) is 0 Å². The quantitative estimate of drug-likeness (QED) is 0.727. The molecule has 1 rings (SSSR count). The number of hydrogen-bond acceptors (Lipinski definition) is 3. The van der Waals surface area contributed by atoms with Crippen LogP contribution in [0.4, 0.5) is 0 Å². The highest BCUT2D eigenvalue weighted by Crippen LogP contribution is 2.27. The van der Waals surface area contributed by atoms with E-state index < -0.39 is 0 Å². The molecule has 0 saturated heterocycles. The molecule has 1 aliphatic carbocycles. The SMILES string of the molecule is CCOC(=O)C(C)NC(CC)C1CCCCC1. The Kier molecular flexibility index (Phi) is 6.56. The molecule has 17 heavy (non-hydrogen) atoms. The van der Waals surface area contributed by atoms with E-state index in [1.807, 2.05) is 13.8 Å². The topological polar surface area (TPSA) is 38.3 Å². The number of ether oxygens (including phenoxy) is 1. The maximum atomic E-state index is 11.6. The Balaban J connectivity index is 2.41. The first-order valence-electron chi connectivity index (χ1n) is 7.11. The zero-order chi connectivity index (χ0) is 12.7. The molecular formula is C14H27NO2. The van der Waals surface area contributed by atoms with Gasteiger partial charge in [-0.3, -0.25) is 4.79 Å². The first-order valence-corrected chi connectivity index (χ1v) is 7.11. The molecule has 0 bridgehead atoms. The highest BCUT2D eigenvalue weighted by molar-refractivity contribution is 5.75. The second-order valence-electron chi connectivity index (χ2n) is 5.05. The first-order chi connectivity index (χ1) is 8.19. The van der Waals surface area contributed by atoms with Gasteiger partial charge in [0.1, 0.15) is 6.04 Å². The largest absolute Gasteiger partial charge is 0.465 e. The minimum atomic E-state index is -0.179. The lowest BCUT2D eigenvalue weighted by Crippen LogP contribution is -2.46. The van der Waals surface area contributed by atoms with Crippen LogP contribution in [0.2, 0.25) is 0 Å². The lowest BCUT2D eigenvalue weighted by atomic mass is 9.82. The molecule has 3 heteroatoms. The molecule has 100 valence electrons. The summed E-state index contributed by atoms with van der Waals surface area (Å²) in [6.07, 6.45) is 7.77. The predicted octanol–water partition coefficient (Wildman–Crippen LogP) is 2.89. The number of rotatable bonds is 6. The van der Waals surface area contributed by atoms with Crippen LogP contribution in [0.25, 0.3) is 0 Å². The third-order valence-corrected chi connectivity index (χ3v) is 3.76. The predicted molar refractivity (Wildman–Crippen MR) is 69.9 cm³/mol. The smallest absolute Gasteiger partial charge is 0.322 e. The Hall–Kier alpha value is -0.570. The molecule has 1 fully saturated rings. The van der Waals surface area contributed by atoms with Gasteiger partial charge >= 0.3 is 5.97 Å². The van der Waals surface area contributed by atoms with Crippen LogP contribution in [0, 0.1) is 5.92 Å². The van der Waals surface area contributed by atoms with Crippen molar-refractivity contribution in [1.82, 2.24) is 5.32 Å². The van der Waals surface area contributed by atoms with Gasteiger partial charge in [0.15, 0.2) is 0 Å². The van der Waals surface area contributed by atoms with Crippen molar-refractivity contribution in [2.45, 2.75) is 71.4 Å². The highest BCUT2D eigenvalue weighted by atomic mass is 16.5. The summed E-state index contributed by atoms with van der Waals surface area (Å²) in [5.41, 5.74) is 0. The van der Waals surface area contributed by atoms with Gasteiger partial charge in [-0.15, -0.1) is 0 Å². The fourth-order valence-corrected chi connectivity index (χ4v) is 2.78. The molecule has 2 atom stereocenters. The molecule has 0 heterocycles. The molecule has 0 aliphatic heterocycles. The molecule has 0 aromatic rings. The molecule has 2 unspecified atom stereocenters. The van der Waals surface area contributed by atoms with Crippen molar-refractivity contribution in [2.75, 3.05) is 6.61 Å². The van der Waals surface area contributed by atoms with Crippen LogP contribution in [0.5, 0.6) is 0 Å². The maximum absolute atomic E-state index is 11.6. The van der Waals surface area contributed by atoms with E-state index in [0.29, 0.717) is 12.6 Å². The summed E-state index contributed by atoms with van der Waals surface area (Å²) in [5, 5.41) is 3.45. The van der Waals surface area contributed by atoms with E-state index in [-0.39, 0.29) is 12.0 Å². The van der Waals surface area contributed by atoms with E-state index in [1.54, 1.807) is 0 Å². The van der Waals surface area contributed by atoms with Gasteiger partial charge in [-0.25, -0.2) is 0 Å². The summed E-state index contributed by atoms with van der Waals surface area (Å²) in [4.78, 5) is 11.6. The second kappa shape index (κ2) is 7.70. The molecule has 0 spiro atoms. The van der Waals surface area contributed by atoms with E-state index in [1.165, 1.54) is 32.1 Å². The molecule has 1 aliphatic rings. The van der Waals surface area contributed by atoms with E-state index in [2.05, 4.69) is 12.2 Å². The van der Waals surface area contributed by atoms with Crippen molar-refractivity contribution < 1.29 is 9.53 Å². The van der Waals surface area contributed by atoms with Crippen molar-refractivity contribution in [3.8, 4) is 0 Å². The van der Waals surface area contributed by atoms with Crippen molar-refractivity contribution >= 4 is 5.97 Å². The minimum Gasteiger partial charge on any atom is -0.465 e. The molecule has 1 N–H and O–H groups in total. The van der Waals surface area contributed by atoms with Crippen LogP contribution in [-0.2, 0) is 9.53 Å². The number of nitrogens with one attached hydrogen (secondary N) is 1. The Morgan fingerprint density at radius 3 is 2.47 bits per heavy atom. The third kappa shape index (κ3) is 4.66. The monoisotopic (exact) mass is 241 g/mol. The molecule has 1 saturated carbocycles. The molecule has 0 aromatic heterocycles. The van der Waals surface area contributed by atoms with Gasteiger partial charge in [0.2, 0.25) is 0 Å². The van der Waals surface area contributed by atoms with Crippen LogP contribution >= 0.6 is 0 Å². The average molecular weight is 241 g/mol. The van der Waals surface area contributed by atoms with Crippen molar-refractivity contribution in [2.24, 2.45) is 5.92 Å². The maximum Gasteiger partial charge on any atom is 0.322 e. The lowest BCUT2D eigenvalue weighted by molar-refractivity contribution is -0.145. The number of esters is 1. The fraction of sp³-hybridized carbons (Fsp3) is 0.929. The summed E-state index contributed by atoms with van der Waals surface area (Å²) < 4.78 is 5.03. The first kappa shape index (κ1) is 14.5. The Morgan fingerprint density at radius 1 is 1.29 bits per heavy atom. The number of carbonyl (C=O) groups is 1. The zero-order valence-corrected chi connectivity index (χ0v) is 11.5. The summed E-state index contributed by atoms with van der Waals surface area (Å²) >= 11 is 0. The summed E-state index contributed by atoms with van der Waals surface area (Å²) in [7, 11) is 0. The molecule has 0 aromatic carbocycles. The van der Waals surface area contributed by atoms with Gasteiger partial charge in [-0.05, 0) is 39.0 Å². The normalized spacial score (nSPS) is 20.9. The zero-order valence-electron chi connectivity index (χ0n) is 11.5. The van der Waals surface area contributed by atoms with Crippen LogP contribution in [-0.4, -0.2) is 24.7 Å². The van der Waals surface area contributed by atoms with Gasteiger partial charge in [-0.2, -0.15) is 0 Å². The highest BCUT2D eigenvalue weighted by Gasteiger charge is 2.25. The second-order valence-corrected chi connectivity index (χ2v) is 5.05. The van der Waals surface area contributed by atoms with Gasteiger partial charge < -0.3 is 10.1 Å². The molecule has 0 radical (unpaired) electrons. The van der Waals surface area contributed by atoms with Crippen molar-refractivity contribution in [3.63, 3.8) is 0 Å². The van der Waals surface area contributed by atoms with E-state index in [4.69, 9.17) is 4.74 Å². The number of hydrogen-bond donors (Lipinski definition) is 1. The Labute approximate surface area is 105 Å². The fourth-order valence-electron chi connectivity index (χ4n) is 2.78. The minimum absolute atomic E-state index is 0.123. The standard InChI is InChI=1S/C14H27NO2/c1-4-13(12-9-7-6-8-10-12)15-11(3)14(16)17-5-2/h11-13,15H,4-10H2,1-3H3. The average Bonchev–Trinajstić information content (AvgIpc) is 2.37. The van der Waals surface area contributed by atoms with Gasteiger partial charge in [0, 0.05) is 6.04 Å². The summed E-state index contributed by atoms with van der Waals surface area (Å²) in [5.74, 6) is 0.618. The van der Waals surface area contributed by atoms with Gasteiger partial charge in [0.05, 0.1) is 6.61 Å². The van der Waals surface area contributed by atoms with E-state index in [9.17, 15) is 4.79 Å². The van der Waals surface area contributed by atoms with Crippen LogP contribution in [0.1, 0.15) is 59.3 Å². The summed E-state index contributed by atoms with van der Waals surface area (Å²) in [6.45, 7) is 6.42. The van der Waals surface area contributed by atoms with Gasteiger partial charge in [-0.1, -0.05) is 26.2 Å². The third-order valence-electron chi connectivity index (χ3n) is 3.76. The molecular weight excluding hydrogens is 214 g/mol. The van der Waals surface area contributed by atoms with E-state index in [0.717, 1.165) is 12.3 Å². The van der Waals surface area contributed by atoms with Crippen molar-refractivity contribution in [1.29, 1.82) is 0 Å². The summed E-state index contributed by atoms with van der Waals surface area (Å²) in [6, 6.07) is 0.288. The Morgan fingerprint density at radius 2 is 1.94 bits per heavy atom. The molecule has 3 nitrogen and oxygen atoms in total. The number of carbonyl (C=O) groups excluding carboxylic acids is 1.